The Kier molecular flexibility index (Phi) is 3.79. The second-order valence-electron chi connectivity index (χ2n) is 2.06. The maximum atomic E-state index is 10.7. The summed E-state index contributed by atoms with van der Waals surface area (Å²) in [5.74, 6) is 0.0439. The van der Waals surface area contributed by atoms with E-state index in [1.165, 1.54) is 7.11 Å². The van der Waals surface area contributed by atoms with Crippen molar-refractivity contribution in [1.82, 2.24) is 0 Å². The number of benzene rings is 1. The van der Waals surface area contributed by atoms with Crippen molar-refractivity contribution >= 4 is 5.91 Å². The molecule has 0 heterocycles. The maximum absolute atomic E-state index is 10.7. The Labute approximate surface area is 70.3 Å². The van der Waals surface area contributed by atoms with Crippen molar-refractivity contribution in [3.8, 4) is 5.75 Å². The van der Waals surface area contributed by atoms with Gasteiger partial charge in [-0.05, 0) is 12.1 Å². The third kappa shape index (κ3) is 1.96. The summed E-state index contributed by atoms with van der Waals surface area (Å²) < 4.78 is 4.91. The smallest absolute Gasteiger partial charge is 0.252 e. The number of methoxy groups -OCH3 is 1. The van der Waals surface area contributed by atoms with Gasteiger partial charge in [0, 0.05) is 0 Å². The number of rotatable bonds is 2. The van der Waals surface area contributed by atoms with E-state index in [2.05, 4.69) is 0 Å². The molecule has 12 heavy (non-hydrogen) atoms. The van der Waals surface area contributed by atoms with Gasteiger partial charge in [-0.3, -0.25) is 4.79 Å². The number of para-hydroxylation sites is 1. The molecule has 0 saturated heterocycles. The van der Waals surface area contributed by atoms with Crippen LogP contribution in [0.1, 0.15) is 10.4 Å². The lowest BCUT2D eigenvalue weighted by molar-refractivity contribution is 0.0997. The first-order chi connectivity index (χ1) is 5.25. The van der Waals surface area contributed by atoms with Crippen molar-refractivity contribution in [2.24, 2.45) is 5.73 Å². The molecule has 1 rings (SSSR count). The first-order valence-electron chi connectivity index (χ1n) is 3.18. The predicted octanol–water partition coefficient (Wildman–Crippen LogP) is -0.0306. The molecule has 0 saturated carbocycles. The fourth-order valence-electron chi connectivity index (χ4n) is 0.848. The molecule has 0 fully saturated rings. The van der Waals surface area contributed by atoms with E-state index in [9.17, 15) is 4.79 Å². The van der Waals surface area contributed by atoms with Gasteiger partial charge in [0.15, 0.2) is 0 Å². The summed E-state index contributed by atoms with van der Waals surface area (Å²) in [5, 5.41) is 0. The molecule has 1 aromatic rings. The van der Waals surface area contributed by atoms with E-state index >= 15 is 0 Å². The SMILES string of the molecule is COc1ccccc1C(N)=O.O. The monoisotopic (exact) mass is 169 g/mol. The number of carbonyl (C=O) groups is 1. The highest BCUT2D eigenvalue weighted by atomic mass is 16.5. The van der Waals surface area contributed by atoms with Crippen molar-refractivity contribution in [1.29, 1.82) is 0 Å². The fourth-order valence-corrected chi connectivity index (χ4v) is 0.848. The van der Waals surface area contributed by atoms with Crippen LogP contribution in [-0.2, 0) is 0 Å². The van der Waals surface area contributed by atoms with Gasteiger partial charge in [-0.25, -0.2) is 0 Å². The van der Waals surface area contributed by atoms with E-state index in [1.807, 2.05) is 0 Å². The van der Waals surface area contributed by atoms with Gasteiger partial charge in [-0.1, -0.05) is 12.1 Å². The molecular weight excluding hydrogens is 158 g/mol. The summed E-state index contributed by atoms with van der Waals surface area (Å²) in [6, 6.07) is 6.84. The minimum Gasteiger partial charge on any atom is -0.496 e. The Balaban J connectivity index is 0.00000121. The predicted molar refractivity (Wildman–Crippen MR) is 45.1 cm³/mol. The van der Waals surface area contributed by atoms with Gasteiger partial charge in [-0.15, -0.1) is 0 Å². The summed E-state index contributed by atoms with van der Waals surface area (Å²) in [4.78, 5) is 10.7. The highest BCUT2D eigenvalue weighted by Crippen LogP contribution is 2.15. The van der Waals surface area contributed by atoms with Gasteiger partial charge in [0.25, 0.3) is 5.91 Å². The van der Waals surface area contributed by atoms with Crippen LogP contribution in [0.4, 0.5) is 0 Å². The van der Waals surface area contributed by atoms with Gasteiger partial charge >= 0.3 is 0 Å². The molecule has 4 nitrogen and oxygen atoms in total. The summed E-state index contributed by atoms with van der Waals surface area (Å²) in [6.45, 7) is 0. The van der Waals surface area contributed by atoms with Crippen molar-refractivity contribution in [2.75, 3.05) is 7.11 Å². The van der Waals surface area contributed by atoms with Crippen LogP contribution in [0.15, 0.2) is 24.3 Å². The normalized spacial score (nSPS) is 8.42. The molecule has 0 spiro atoms. The minimum atomic E-state index is -0.470. The summed E-state index contributed by atoms with van der Waals surface area (Å²) in [5.41, 5.74) is 5.48. The number of hydrogen-bond donors (Lipinski definition) is 1. The van der Waals surface area contributed by atoms with Gasteiger partial charge in [0.2, 0.25) is 0 Å². The zero-order chi connectivity index (χ0) is 8.27. The average molecular weight is 169 g/mol. The molecule has 0 radical (unpaired) electrons. The van der Waals surface area contributed by atoms with Crippen LogP contribution in [0, 0.1) is 0 Å². The van der Waals surface area contributed by atoms with Crippen molar-refractivity contribution in [3.05, 3.63) is 29.8 Å². The number of nitrogens with two attached hydrogens (primary N) is 1. The molecule has 0 atom stereocenters. The van der Waals surface area contributed by atoms with Crippen LogP contribution in [-0.4, -0.2) is 18.5 Å². The Bertz CT molecular complexity index is 273. The lowest BCUT2D eigenvalue weighted by Crippen LogP contribution is -2.11. The first-order valence-corrected chi connectivity index (χ1v) is 3.18. The third-order valence-corrected chi connectivity index (χ3v) is 1.37. The zero-order valence-corrected chi connectivity index (χ0v) is 6.70. The minimum absolute atomic E-state index is 0. The third-order valence-electron chi connectivity index (χ3n) is 1.37. The molecular formula is C8H11NO3. The molecule has 1 aromatic carbocycles. The molecule has 4 heteroatoms. The molecule has 0 aliphatic heterocycles. The van der Waals surface area contributed by atoms with Crippen LogP contribution in [0.25, 0.3) is 0 Å². The number of ether oxygens (including phenoxy) is 1. The zero-order valence-electron chi connectivity index (χ0n) is 6.70. The number of primary amides is 1. The molecule has 4 N–H and O–H groups in total. The van der Waals surface area contributed by atoms with Gasteiger partial charge < -0.3 is 15.9 Å². The second-order valence-corrected chi connectivity index (χ2v) is 2.06. The topological polar surface area (TPSA) is 83.8 Å². The van der Waals surface area contributed by atoms with Crippen molar-refractivity contribution in [2.45, 2.75) is 0 Å². The molecule has 0 unspecified atom stereocenters. The number of hydrogen-bond acceptors (Lipinski definition) is 2. The van der Waals surface area contributed by atoms with Gasteiger partial charge in [-0.2, -0.15) is 0 Å². The lowest BCUT2D eigenvalue weighted by atomic mass is 10.2. The van der Waals surface area contributed by atoms with Crippen LogP contribution in [0.3, 0.4) is 0 Å². The molecule has 0 aliphatic rings. The average Bonchev–Trinajstić information content (AvgIpc) is 2.04. The summed E-state index contributed by atoms with van der Waals surface area (Å²) in [7, 11) is 1.50. The van der Waals surface area contributed by atoms with E-state index in [0.29, 0.717) is 11.3 Å². The second kappa shape index (κ2) is 4.35. The molecule has 66 valence electrons. The lowest BCUT2D eigenvalue weighted by Gasteiger charge is -2.02. The van der Waals surface area contributed by atoms with Gasteiger partial charge in [0.1, 0.15) is 5.75 Å². The Morgan fingerprint density at radius 1 is 1.42 bits per heavy atom. The fraction of sp³-hybridized carbons (Fsp3) is 0.125. The molecule has 0 aliphatic carbocycles. The van der Waals surface area contributed by atoms with E-state index < -0.39 is 5.91 Å². The highest BCUT2D eigenvalue weighted by Gasteiger charge is 2.05. The Morgan fingerprint density at radius 3 is 2.42 bits per heavy atom. The van der Waals surface area contributed by atoms with Crippen LogP contribution in [0.5, 0.6) is 5.75 Å². The van der Waals surface area contributed by atoms with Gasteiger partial charge in [0.05, 0.1) is 12.7 Å². The number of amides is 1. The Morgan fingerprint density at radius 2 is 2.00 bits per heavy atom. The van der Waals surface area contributed by atoms with Crippen LogP contribution >= 0.6 is 0 Å². The largest absolute Gasteiger partial charge is 0.496 e. The van der Waals surface area contributed by atoms with E-state index in [-0.39, 0.29) is 5.48 Å². The summed E-state index contributed by atoms with van der Waals surface area (Å²) in [6.07, 6.45) is 0. The highest BCUT2D eigenvalue weighted by molar-refractivity contribution is 5.95. The van der Waals surface area contributed by atoms with Crippen molar-refractivity contribution in [3.63, 3.8) is 0 Å². The maximum Gasteiger partial charge on any atom is 0.252 e. The van der Waals surface area contributed by atoms with E-state index in [4.69, 9.17) is 10.5 Å². The van der Waals surface area contributed by atoms with Crippen LogP contribution in [0.2, 0.25) is 0 Å². The van der Waals surface area contributed by atoms with Crippen LogP contribution < -0.4 is 10.5 Å². The van der Waals surface area contributed by atoms with Crippen molar-refractivity contribution < 1.29 is 15.0 Å². The first kappa shape index (κ1) is 10.4. The quantitative estimate of drug-likeness (QED) is 0.674. The van der Waals surface area contributed by atoms with E-state index in [1.54, 1.807) is 24.3 Å². The molecule has 1 amide bonds. The summed E-state index contributed by atoms with van der Waals surface area (Å²) >= 11 is 0. The molecule has 0 bridgehead atoms. The number of carbonyl (C=O) groups excluding carboxylic acids is 1. The standard InChI is InChI=1S/C8H9NO2.H2O/c1-11-7-5-3-2-4-6(7)8(9)10;/h2-5H,1H3,(H2,9,10);1H2. The van der Waals surface area contributed by atoms with E-state index in [0.717, 1.165) is 0 Å². The Hall–Kier alpha value is -1.55. The molecule has 0 aromatic heterocycles.